The van der Waals surface area contributed by atoms with E-state index in [1.807, 2.05) is 0 Å². The molecule has 1 aliphatic rings. The fourth-order valence-electron chi connectivity index (χ4n) is 1.14. The number of halogens is 3. The van der Waals surface area contributed by atoms with E-state index in [-0.39, 0.29) is 36.8 Å². The van der Waals surface area contributed by atoms with Crippen LogP contribution in [0.4, 0.5) is 10.1 Å². The number of rotatable bonds is 1. The maximum Gasteiger partial charge on any atom is 0.307 e. The van der Waals surface area contributed by atoms with Crippen molar-refractivity contribution in [3.8, 4) is 0 Å². The van der Waals surface area contributed by atoms with Gasteiger partial charge in [0.05, 0.1) is 10.3 Å². The van der Waals surface area contributed by atoms with Gasteiger partial charge >= 0.3 is 5.69 Å². The molecule has 0 saturated heterocycles. The Hall–Kier alpha value is -1.27. The van der Waals surface area contributed by atoms with Gasteiger partial charge in [-0.25, -0.2) is 0 Å². The summed E-state index contributed by atoms with van der Waals surface area (Å²) < 4.78 is 13.2. The van der Waals surface area contributed by atoms with Crippen molar-refractivity contribution < 1.29 is 9.31 Å². The van der Waals surface area contributed by atoms with E-state index < -0.39 is 16.4 Å². The molecule has 1 aliphatic heterocycles. The number of nitro benzene ring substituents is 1. The van der Waals surface area contributed by atoms with Gasteiger partial charge in [0.15, 0.2) is 0 Å². The minimum atomic E-state index is -0.899. The molecule has 2 rings (SSSR count). The molecule has 0 bridgehead atoms. The molecule has 0 radical (unpaired) electrons. The zero-order valence-electron chi connectivity index (χ0n) is 7.21. The van der Waals surface area contributed by atoms with E-state index in [2.05, 4.69) is 9.98 Å². The van der Waals surface area contributed by atoms with Gasteiger partial charge in [-0.05, 0) is 6.07 Å². The highest BCUT2D eigenvalue weighted by molar-refractivity contribution is 5.85. The van der Waals surface area contributed by atoms with Crippen LogP contribution in [0.3, 0.4) is 0 Å². The molecule has 0 atom stereocenters. The van der Waals surface area contributed by atoms with Crippen LogP contribution < -0.4 is 10.7 Å². The number of hydrogen-bond acceptors (Lipinski definition) is 4. The van der Waals surface area contributed by atoms with Crippen LogP contribution in [-0.4, -0.2) is 11.6 Å². The quantitative estimate of drug-likeness (QED) is 0.549. The maximum atomic E-state index is 13.2. The molecule has 82 valence electrons. The lowest BCUT2D eigenvalue weighted by Gasteiger charge is -1.91. The average Bonchev–Trinajstić information content (AvgIpc) is 2.52. The van der Waals surface area contributed by atoms with Gasteiger partial charge in [0.25, 0.3) is 0 Å². The highest BCUT2D eigenvalue weighted by atomic mass is 35.5. The number of hydrogen-bond donors (Lipinski definition) is 0. The van der Waals surface area contributed by atoms with Gasteiger partial charge < -0.3 is 0 Å². The second-order valence-corrected chi connectivity index (χ2v) is 2.48. The molecule has 0 N–H and O–H groups in total. The number of benzene rings is 1. The lowest BCUT2D eigenvalue weighted by Crippen LogP contribution is -2.26. The Bertz CT molecular complexity index is 506. The van der Waals surface area contributed by atoms with Gasteiger partial charge in [-0.3, -0.25) is 20.1 Å². The van der Waals surface area contributed by atoms with Crippen molar-refractivity contribution in [2.24, 2.45) is 9.98 Å². The van der Waals surface area contributed by atoms with Gasteiger partial charge in [0.2, 0.25) is 5.82 Å². The summed E-state index contributed by atoms with van der Waals surface area (Å²) in [5, 5.41) is 10.7. The summed E-state index contributed by atoms with van der Waals surface area (Å²) >= 11 is 0. The van der Waals surface area contributed by atoms with E-state index in [4.69, 9.17) is 0 Å². The van der Waals surface area contributed by atoms with E-state index in [0.29, 0.717) is 5.36 Å². The summed E-state index contributed by atoms with van der Waals surface area (Å²) in [7, 11) is 0. The van der Waals surface area contributed by atoms with Crippen molar-refractivity contribution in [2.75, 3.05) is 6.67 Å². The second kappa shape index (κ2) is 4.99. The van der Waals surface area contributed by atoms with Crippen molar-refractivity contribution in [1.29, 1.82) is 0 Å². The fourth-order valence-corrected chi connectivity index (χ4v) is 1.14. The Morgan fingerprint density at radius 3 is 2.60 bits per heavy atom. The summed E-state index contributed by atoms with van der Waals surface area (Å²) in [5.74, 6) is -0.899. The van der Waals surface area contributed by atoms with E-state index in [0.717, 1.165) is 6.07 Å². The molecule has 0 aromatic heterocycles. The minimum Gasteiger partial charge on any atom is -0.260 e. The highest BCUT2D eigenvalue weighted by Crippen LogP contribution is 2.10. The van der Waals surface area contributed by atoms with Gasteiger partial charge in [-0.2, -0.15) is 4.39 Å². The standard InChI is InChI=1S/C7H4FN3O2.2ClH/c8-6-5(11(12)13)2-1-4-7(6)10-3-9-4;;/h1-2H,3H2;2*1H. The minimum absolute atomic E-state index is 0. The smallest absolute Gasteiger partial charge is 0.260 e. The first kappa shape index (κ1) is 13.7. The second-order valence-electron chi connectivity index (χ2n) is 2.48. The molecule has 0 unspecified atom stereocenters. The Morgan fingerprint density at radius 1 is 1.33 bits per heavy atom. The van der Waals surface area contributed by atoms with Crippen molar-refractivity contribution in [3.63, 3.8) is 0 Å². The summed E-state index contributed by atoms with van der Waals surface area (Å²) in [6, 6.07) is 2.49. The lowest BCUT2D eigenvalue weighted by molar-refractivity contribution is -0.387. The van der Waals surface area contributed by atoms with Crippen LogP contribution in [0.5, 0.6) is 0 Å². The van der Waals surface area contributed by atoms with Crippen molar-refractivity contribution >= 4 is 30.5 Å². The van der Waals surface area contributed by atoms with Gasteiger partial charge in [-0.1, -0.05) is 0 Å². The largest absolute Gasteiger partial charge is 0.307 e. The summed E-state index contributed by atoms with van der Waals surface area (Å²) in [4.78, 5) is 17.1. The first-order valence-corrected chi connectivity index (χ1v) is 3.52. The van der Waals surface area contributed by atoms with E-state index in [9.17, 15) is 14.5 Å². The summed E-state index contributed by atoms with van der Waals surface area (Å²) in [5.41, 5.74) is -0.556. The average molecular weight is 254 g/mol. The Balaban J connectivity index is 0.000000980. The lowest BCUT2D eigenvalue weighted by atomic mass is 10.3. The zero-order valence-corrected chi connectivity index (χ0v) is 8.85. The molecule has 0 aliphatic carbocycles. The van der Waals surface area contributed by atoms with E-state index >= 15 is 0 Å². The zero-order chi connectivity index (χ0) is 9.42. The van der Waals surface area contributed by atoms with Crippen LogP contribution in [-0.2, 0) is 0 Å². The molecule has 0 amide bonds. The molecular formula is C7H6Cl2FN3O2. The molecule has 1 aromatic carbocycles. The third-order valence-electron chi connectivity index (χ3n) is 1.74. The molecule has 0 fully saturated rings. The topological polar surface area (TPSA) is 67.9 Å². The van der Waals surface area contributed by atoms with Crippen LogP contribution in [0.2, 0.25) is 0 Å². The monoisotopic (exact) mass is 253 g/mol. The molecule has 5 nitrogen and oxygen atoms in total. The Labute approximate surface area is 95.7 Å². The molecule has 0 spiro atoms. The fraction of sp³-hybridized carbons (Fsp3) is 0.143. The van der Waals surface area contributed by atoms with Crippen molar-refractivity contribution in [2.45, 2.75) is 0 Å². The van der Waals surface area contributed by atoms with Crippen LogP contribution >= 0.6 is 24.8 Å². The number of nitro groups is 1. The molecular weight excluding hydrogens is 248 g/mol. The van der Waals surface area contributed by atoms with Crippen LogP contribution in [0.15, 0.2) is 22.1 Å². The predicted octanol–water partition coefficient (Wildman–Crippen LogP) is 0.788. The van der Waals surface area contributed by atoms with Crippen LogP contribution in [0.1, 0.15) is 0 Å². The summed E-state index contributed by atoms with van der Waals surface area (Å²) in [6.45, 7) is 0.146. The predicted molar refractivity (Wildman–Crippen MR) is 54.7 cm³/mol. The van der Waals surface area contributed by atoms with Gasteiger partial charge in [-0.15, -0.1) is 24.8 Å². The third-order valence-corrected chi connectivity index (χ3v) is 1.74. The highest BCUT2D eigenvalue weighted by Gasteiger charge is 2.17. The SMILES string of the molecule is Cl.Cl.O=[N+]([O-])c1ccc2c(c1F)=NCN=2. The Kier molecular flexibility index (Phi) is 4.57. The van der Waals surface area contributed by atoms with E-state index in [1.165, 1.54) is 6.07 Å². The first-order valence-electron chi connectivity index (χ1n) is 3.52. The van der Waals surface area contributed by atoms with E-state index in [1.54, 1.807) is 0 Å². The summed E-state index contributed by atoms with van der Waals surface area (Å²) in [6.07, 6.45) is 0. The number of nitrogens with zero attached hydrogens (tertiary/aromatic N) is 3. The van der Waals surface area contributed by atoms with Gasteiger partial charge in [0, 0.05) is 6.07 Å². The normalized spacial score (nSPS) is 11.3. The third kappa shape index (κ3) is 2.21. The van der Waals surface area contributed by atoms with Crippen molar-refractivity contribution in [3.05, 3.63) is 38.8 Å². The Morgan fingerprint density at radius 2 is 2.00 bits per heavy atom. The number of fused-ring (bicyclic) bond motifs is 1. The van der Waals surface area contributed by atoms with Crippen molar-refractivity contribution in [1.82, 2.24) is 0 Å². The molecule has 1 aromatic rings. The van der Waals surface area contributed by atoms with Crippen LogP contribution in [0.25, 0.3) is 0 Å². The molecule has 1 heterocycles. The molecule has 8 heteroatoms. The molecule has 0 saturated carbocycles. The van der Waals surface area contributed by atoms with Crippen LogP contribution in [0, 0.1) is 15.9 Å². The van der Waals surface area contributed by atoms with Gasteiger partial charge in [0.1, 0.15) is 12.0 Å². The maximum absolute atomic E-state index is 13.2. The molecule has 15 heavy (non-hydrogen) atoms. The first-order chi connectivity index (χ1) is 6.20.